The van der Waals surface area contributed by atoms with E-state index < -0.39 is 10.8 Å². The number of halogens is 1. The lowest BCUT2D eigenvalue weighted by Crippen LogP contribution is -2.49. The van der Waals surface area contributed by atoms with Crippen LogP contribution in [0.25, 0.3) is 11.3 Å². The number of nitro groups is 1. The zero-order valence-electron chi connectivity index (χ0n) is 14.4. The standard InChI is InChI=1S/C16H17ClN4O5S/c1-9(8-25-2)18-16(27)20-19-15(22)14-6-5-13(26-14)11-4-3-10(21(23)24)7-12(11)17/h3-7,9H,8H2,1-2H3,(H,19,22)(H2,18,20,27)/t9-/m0/s1. The Morgan fingerprint density at radius 2 is 2.11 bits per heavy atom. The number of non-ortho nitro benzene ring substituents is 1. The molecule has 0 saturated heterocycles. The summed E-state index contributed by atoms with van der Waals surface area (Å²) < 4.78 is 10.4. The lowest BCUT2D eigenvalue weighted by Gasteiger charge is -2.16. The number of hydrogen-bond acceptors (Lipinski definition) is 6. The predicted molar refractivity (Wildman–Crippen MR) is 103 cm³/mol. The number of furan rings is 1. The highest BCUT2D eigenvalue weighted by molar-refractivity contribution is 7.80. The van der Waals surface area contributed by atoms with E-state index in [2.05, 4.69) is 16.2 Å². The van der Waals surface area contributed by atoms with Crippen molar-refractivity contribution in [2.24, 2.45) is 0 Å². The highest BCUT2D eigenvalue weighted by Gasteiger charge is 2.16. The molecule has 0 unspecified atom stereocenters. The molecular formula is C16H17ClN4O5S. The maximum atomic E-state index is 12.1. The Morgan fingerprint density at radius 3 is 2.74 bits per heavy atom. The van der Waals surface area contributed by atoms with E-state index in [1.165, 1.54) is 24.3 Å². The molecule has 0 spiro atoms. The highest BCUT2D eigenvalue weighted by atomic mass is 35.5. The van der Waals surface area contributed by atoms with Gasteiger partial charge in [0.05, 0.1) is 16.6 Å². The topological polar surface area (TPSA) is 119 Å². The molecule has 3 N–H and O–H groups in total. The van der Waals surface area contributed by atoms with Crippen LogP contribution < -0.4 is 16.2 Å². The summed E-state index contributed by atoms with van der Waals surface area (Å²) in [4.78, 5) is 22.3. The van der Waals surface area contributed by atoms with Gasteiger partial charge in [-0.3, -0.25) is 25.8 Å². The first-order valence-electron chi connectivity index (χ1n) is 7.71. The van der Waals surface area contributed by atoms with Crippen molar-refractivity contribution < 1.29 is 18.9 Å². The van der Waals surface area contributed by atoms with Crippen molar-refractivity contribution in [1.82, 2.24) is 16.2 Å². The van der Waals surface area contributed by atoms with E-state index in [1.54, 1.807) is 13.2 Å². The van der Waals surface area contributed by atoms with Crippen molar-refractivity contribution in [3.8, 4) is 11.3 Å². The van der Waals surface area contributed by atoms with E-state index in [1.807, 2.05) is 6.92 Å². The van der Waals surface area contributed by atoms with Crippen molar-refractivity contribution in [2.45, 2.75) is 13.0 Å². The highest BCUT2D eigenvalue weighted by Crippen LogP contribution is 2.32. The van der Waals surface area contributed by atoms with Gasteiger partial charge < -0.3 is 14.5 Å². The summed E-state index contributed by atoms with van der Waals surface area (Å²) in [7, 11) is 1.57. The van der Waals surface area contributed by atoms with Gasteiger partial charge in [0.1, 0.15) is 5.76 Å². The minimum atomic E-state index is -0.553. The lowest BCUT2D eigenvalue weighted by molar-refractivity contribution is -0.384. The SMILES string of the molecule is COC[C@H](C)NC(=S)NNC(=O)c1ccc(-c2ccc([N+](=O)[O-])cc2Cl)o1. The first kappa shape index (κ1) is 20.6. The molecule has 0 aliphatic rings. The molecule has 1 amide bonds. The van der Waals surface area contributed by atoms with Gasteiger partial charge >= 0.3 is 5.91 Å². The molecule has 0 aliphatic heterocycles. The largest absolute Gasteiger partial charge is 0.451 e. The number of rotatable bonds is 6. The summed E-state index contributed by atoms with van der Waals surface area (Å²) in [5.74, 6) is -0.239. The first-order chi connectivity index (χ1) is 12.8. The van der Waals surface area contributed by atoms with Crippen LogP contribution >= 0.6 is 23.8 Å². The number of nitro benzene ring substituents is 1. The minimum absolute atomic E-state index is 0.0136. The van der Waals surface area contributed by atoms with E-state index in [4.69, 9.17) is 33.0 Å². The second-order valence-corrected chi connectivity index (χ2v) is 6.31. The Hall–Kier alpha value is -2.69. The molecule has 2 rings (SSSR count). The molecule has 27 heavy (non-hydrogen) atoms. The fourth-order valence-electron chi connectivity index (χ4n) is 2.15. The normalized spacial score (nSPS) is 11.5. The number of ether oxygens (including phenoxy) is 1. The number of hydrogen-bond donors (Lipinski definition) is 3. The van der Waals surface area contributed by atoms with Crippen LogP contribution in [0, 0.1) is 10.1 Å². The van der Waals surface area contributed by atoms with Crippen LogP contribution in [0.15, 0.2) is 34.7 Å². The van der Waals surface area contributed by atoms with Gasteiger partial charge in [0.2, 0.25) is 0 Å². The monoisotopic (exact) mass is 412 g/mol. The third kappa shape index (κ3) is 5.64. The number of carbonyl (C=O) groups is 1. The zero-order valence-corrected chi connectivity index (χ0v) is 16.0. The number of hydrazine groups is 1. The van der Waals surface area contributed by atoms with Crippen LogP contribution in [0.1, 0.15) is 17.5 Å². The van der Waals surface area contributed by atoms with Crippen LogP contribution in [-0.2, 0) is 4.74 Å². The molecule has 0 bridgehead atoms. The number of nitrogens with one attached hydrogen (secondary N) is 3. The summed E-state index contributed by atoms with van der Waals surface area (Å²) >= 11 is 11.1. The molecular weight excluding hydrogens is 396 g/mol. The van der Waals surface area contributed by atoms with Crippen LogP contribution in [0.3, 0.4) is 0 Å². The molecule has 0 saturated carbocycles. The second-order valence-electron chi connectivity index (χ2n) is 5.49. The van der Waals surface area contributed by atoms with E-state index in [0.717, 1.165) is 0 Å². The summed E-state index contributed by atoms with van der Waals surface area (Å²) in [6.07, 6.45) is 0. The average molecular weight is 413 g/mol. The molecule has 1 heterocycles. The Bertz CT molecular complexity index is 857. The van der Waals surface area contributed by atoms with Gasteiger partial charge in [0.25, 0.3) is 5.69 Å². The predicted octanol–water partition coefficient (Wildman–Crippen LogP) is 2.65. The minimum Gasteiger partial charge on any atom is -0.451 e. The quantitative estimate of drug-likeness (QED) is 0.376. The molecule has 0 radical (unpaired) electrons. The van der Waals surface area contributed by atoms with Crippen LogP contribution in [-0.4, -0.2) is 35.7 Å². The van der Waals surface area contributed by atoms with E-state index in [9.17, 15) is 14.9 Å². The fraction of sp³-hybridized carbons (Fsp3) is 0.250. The summed E-state index contributed by atoms with van der Waals surface area (Å²) in [6, 6.07) is 6.93. The molecule has 9 nitrogen and oxygen atoms in total. The second kappa shape index (κ2) is 9.31. The third-order valence-electron chi connectivity index (χ3n) is 3.34. The van der Waals surface area contributed by atoms with Gasteiger partial charge in [-0.25, -0.2) is 0 Å². The summed E-state index contributed by atoms with van der Waals surface area (Å²) in [5, 5.41) is 14.0. The molecule has 1 aromatic carbocycles. The molecule has 0 aliphatic carbocycles. The molecule has 144 valence electrons. The maximum absolute atomic E-state index is 12.1. The maximum Gasteiger partial charge on any atom is 0.305 e. The van der Waals surface area contributed by atoms with Gasteiger partial charge in [0, 0.05) is 30.8 Å². The molecule has 0 fully saturated rings. The number of thiocarbonyl (C=S) groups is 1. The fourth-order valence-corrected chi connectivity index (χ4v) is 2.67. The Kier molecular flexibility index (Phi) is 7.11. The Balaban J connectivity index is 2.00. The number of carbonyl (C=O) groups excluding carboxylic acids is 1. The smallest absolute Gasteiger partial charge is 0.305 e. The van der Waals surface area contributed by atoms with Gasteiger partial charge in [-0.05, 0) is 37.3 Å². The third-order valence-corrected chi connectivity index (χ3v) is 3.88. The van der Waals surface area contributed by atoms with Gasteiger partial charge in [0.15, 0.2) is 10.9 Å². The van der Waals surface area contributed by atoms with E-state index >= 15 is 0 Å². The number of amides is 1. The van der Waals surface area contributed by atoms with Crippen LogP contribution in [0.5, 0.6) is 0 Å². The van der Waals surface area contributed by atoms with Crippen LogP contribution in [0.4, 0.5) is 5.69 Å². The van der Waals surface area contributed by atoms with Gasteiger partial charge in [-0.1, -0.05) is 11.6 Å². The zero-order chi connectivity index (χ0) is 20.0. The summed E-state index contributed by atoms with van der Waals surface area (Å²) in [6.45, 7) is 2.32. The molecule has 1 atom stereocenters. The van der Waals surface area contributed by atoms with Crippen molar-refractivity contribution in [3.63, 3.8) is 0 Å². The summed E-state index contributed by atoms with van der Waals surface area (Å²) in [5.41, 5.74) is 5.25. The lowest BCUT2D eigenvalue weighted by atomic mass is 10.1. The van der Waals surface area contributed by atoms with E-state index in [-0.39, 0.29) is 27.6 Å². The molecule has 1 aromatic heterocycles. The molecule has 11 heteroatoms. The van der Waals surface area contributed by atoms with Crippen molar-refractivity contribution in [1.29, 1.82) is 0 Å². The Morgan fingerprint density at radius 1 is 1.37 bits per heavy atom. The van der Waals surface area contributed by atoms with E-state index in [0.29, 0.717) is 17.9 Å². The molecule has 2 aromatic rings. The Labute approximate surface area is 165 Å². The number of methoxy groups -OCH3 is 1. The van der Waals surface area contributed by atoms with Crippen molar-refractivity contribution in [2.75, 3.05) is 13.7 Å². The van der Waals surface area contributed by atoms with Crippen molar-refractivity contribution >= 4 is 40.5 Å². The average Bonchev–Trinajstić information content (AvgIpc) is 3.09. The number of nitrogens with zero attached hydrogens (tertiary/aromatic N) is 1. The van der Waals surface area contributed by atoms with Gasteiger partial charge in [-0.15, -0.1) is 0 Å². The first-order valence-corrected chi connectivity index (χ1v) is 8.50. The van der Waals surface area contributed by atoms with Crippen molar-refractivity contribution in [3.05, 3.63) is 51.2 Å². The number of benzene rings is 1. The van der Waals surface area contributed by atoms with Crippen LogP contribution in [0.2, 0.25) is 5.02 Å². The van der Waals surface area contributed by atoms with Gasteiger partial charge in [-0.2, -0.15) is 0 Å².